The molecule has 0 aliphatic carbocycles. The van der Waals surface area contributed by atoms with Gasteiger partial charge in [0.1, 0.15) is 0 Å². The van der Waals surface area contributed by atoms with Crippen molar-refractivity contribution in [2.75, 3.05) is 0 Å². The summed E-state index contributed by atoms with van der Waals surface area (Å²) in [6, 6.07) is 32.9. The van der Waals surface area contributed by atoms with Crippen LogP contribution in [0, 0.1) is 0 Å². The van der Waals surface area contributed by atoms with E-state index in [1.54, 1.807) is 4.90 Å². The first kappa shape index (κ1) is 28.8. The van der Waals surface area contributed by atoms with Crippen molar-refractivity contribution in [3.63, 3.8) is 0 Å². The van der Waals surface area contributed by atoms with E-state index in [0.29, 0.717) is 5.76 Å². The summed E-state index contributed by atoms with van der Waals surface area (Å²) in [6.45, 7) is 14.5. The molecule has 0 aliphatic rings. The Morgan fingerprint density at radius 1 is 0.703 bits per heavy atom. The van der Waals surface area contributed by atoms with Gasteiger partial charge in [0.05, 0.1) is 0 Å². The van der Waals surface area contributed by atoms with Crippen LogP contribution in [0.25, 0.3) is 0 Å². The summed E-state index contributed by atoms with van der Waals surface area (Å²) < 4.78 is 10.5. The number of hydrogen-bond acceptors (Lipinski definition) is 2. The molecule has 0 fully saturated rings. The number of amides is 1. The van der Waals surface area contributed by atoms with Gasteiger partial charge >= 0.3 is 229 Å². The van der Waals surface area contributed by atoms with Crippen molar-refractivity contribution >= 4 is 35.2 Å². The quantitative estimate of drug-likeness (QED) is 0.156. The number of carbonyl (C=O) groups is 1. The molecule has 0 saturated heterocycles. The third-order valence-electron chi connectivity index (χ3n) is 6.74. The SMILES string of the molecule is CC(C)=C/C(=C/[C@H](C)[Sn]([c]1ccccc1)([c]1ccccc1)[c]1ccccc1)OC(=O)N(C(C)C)C(C)C. The Kier molecular flexibility index (Phi) is 10.2. The molecule has 0 bridgehead atoms. The Balaban J connectivity index is 2.24. The van der Waals surface area contributed by atoms with E-state index in [1.165, 1.54) is 10.7 Å². The van der Waals surface area contributed by atoms with Gasteiger partial charge in [-0.05, 0) is 0 Å². The van der Waals surface area contributed by atoms with Crippen LogP contribution in [0.2, 0.25) is 3.93 Å². The van der Waals surface area contributed by atoms with Gasteiger partial charge in [0.15, 0.2) is 0 Å². The van der Waals surface area contributed by atoms with Gasteiger partial charge in [0, 0.05) is 0 Å². The summed E-state index contributed by atoms with van der Waals surface area (Å²) >= 11 is -3.64. The third kappa shape index (κ3) is 6.75. The van der Waals surface area contributed by atoms with Gasteiger partial charge in [0.25, 0.3) is 0 Å². The van der Waals surface area contributed by atoms with Gasteiger partial charge in [-0.15, -0.1) is 0 Å². The fraction of sp³-hybridized carbons (Fsp3) is 0.303. The second-order valence-corrected chi connectivity index (χ2v) is 22.6. The Morgan fingerprint density at radius 2 is 1.08 bits per heavy atom. The van der Waals surface area contributed by atoms with Crippen LogP contribution < -0.4 is 10.7 Å². The van der Waals surface area contributed by atoms with Crippen LogP contribution >= 0.6 is 0 Å². The Bertz CT molecular complexity index is 1090. The average Bonchev–Trinajstić information content (AvgIpc) is 2.85. The molecule has 194 valence electrons. The molecule has 0 aromatic heterocycles. The van der Waals surface area contributed by atoms with Crippen LogP contribution in [0.4, 0.5) is 4.79 Å². The Hall–Kier alpha value is -2.79. The maximum absolute atomic E-state index is 13.3. The number of nitrogens with zero attached hydrogens (tertiary/aromatic N) is 1. The second-order valence-electron chi connectivity index (χ2n) is 10.4. The van der Waals surface area contributed by atoms with Crippen LogP contribution in [0.3, 0.4) is 0 Å². The summed E-state index contributed by atoms with van der Waals surface area (Å²) in [4.78, 5) is 15.1. The standard InChI is InChI=1S/C15H26NO2.3C6H5.Sn/c1-8-9-14(10-11(2)3)18-15(17)16(12(4)5)13(6)7;3*1-2-4-6-5-3-1;/h8-10,12-13H,1-7H3;3*1-5H;/b14-9-;;;;. The number of ether oxygens (including phenoxy) is 1. The van der Waals surface area contributed by atoms with Gasteiger partial charge in [-0.2, -0.15) is 0 Å². The molecule has 4 heteroatoms. The molecule has 3 aromatic rings. The van der Waals surface area contributed by atoms with E-state index in [1.807, 2.05) is 47.6 Å². The molecule has 37 heavy (non-hydrogen) atoms. The van der Waals surface area contributed by atoms with Gasteiger partial charge < -0.3 is 0 Å². The van der Waals surface area contributed by atoms with Crippen LogP contribution in [0.5, 0.6) is 0 Å². The molecule has 1 amide bonds. The van der Waals surface area contributed by atoms with E-state index in [2.05, 4.69) is 104 Å². The topological polar surface area (TPSA) is 29.5 Å². The van der Waals surface area contributed by atoms with E-state index in [0.717, 1.165) is 5.57 Å². The summed E-state index contributed by atoms with van der Waals surface area (Å²) in [7, 11) is 0. The van der Waals surface area contributed by atoms with Crippen LogP contribution in [-0.2, 0) is 4.74 Å². The minimum absolute atomic E-state index is 0.0501. The molecule has 3 nitrogen and oxygen atoms in total. The number of benzene rings is 3. The molecular weight excluding hydrogens is 561 g/mol. The molecule has 0 saturated carbocycles. The van der Waals surface area contributed by atoms with E-state index in [9.17, 15) is 4.79 Å². The number of rotatable bonds is 9. The van der Waals surface area contributed by atoms with Crippen LogP contribution in [0.15, 0.2) is 114 Å². The van der Waals surface area contributed by atoms with Gasteiger partial charge in [-0.25, -0.2) is 0 Å². The van der Waals surface area contributed by atoms with E-state index in [4.69, 9.17) is 4.74 Å². The third-order valence-corrected chi connectivity index (χ3v) is 21.8. The average molecular weight is 602 g/mol. The van der Waals surface area contributed by atoms with E-state index >= 15 is 0 Å². The molecule has 3 rings (SSSR count). The molecular formula is C33H41NO2Sn. The molecule has 0 radical (unpaired) electrons. The summed E-state index contributed by atoms with van der Waals surface area (Å²) in [5, 5.41) is 0. The van der Waals surface area contributed by atoms with Crippen molar-refractivity contribution in [1.29, 1.82) is 0 Å². The molecule has 0 aliphatic heterocycles. The first-order valence-corrected chi connectivity index (χ1v) is 19.1. The van der Waals surface area contributed by atoms with Gasteiger partial charge in [-0.3, -0.25) is 0 Å². The number of hydrogen-bond donors (Lipinski definition) is 0. The monoisotopic (exact) mass is 603 g/mol. The second kappa shape index (κ2) is 13.1. The Labute approximate surface area is 227 Å². The number of carbonyl (C=O) groups excluding carboxylic acids is 1. The molecule has 0 N–H and O–H groups in total. The van der Waals surface area contributed by atoms with E-state index < -0.39 is 18.4 Å². The summed E-state index contributed by atoms with van der Waals surface area (Å²) in [5.41, 5.74) is 1.09. The maximum atomic E-state index is 13.3. The summed E-state index contributed by atoms with van der Waals surface area (Å²) in [6.07, 6.45) is 3.89. The van der Waals surface area contributed by atoms with Crippen molar-refractivity contribution in [3.05, 3.63) is 114 Å². The van der Waals surface area contributed by atoms with Crippen LogP contribution in [0.1, 0.15) is 48.5 Å². The zero-order valence-corrected chi connectivity index (χ0v) is 26.2. The van der Waals surface area contributed by atoms with Gasteiger partial charge in [0.2, 0.25) is 0 Å². The van der Waals surface area contributed by atoms with Crippen molar-refractivity contribution in [3.8, 4) is 0 Å². The zero-order valence-electron chi connectivity index (χ0n) is 23.3. The van der Waals surface area contributed by atoms with Gasteiger partial charge in [-0.1, -0.05) is 0 Å². The fourth-order valence-corrected chi connectivity index (χ4v) is 20.0. The molecule has 0 spiro atoms. The normalized spacial score (nSPS) is 12.8. The number of allylic oxidation sites excluding steroid dienone is 3. The molecule has 3 aromatic carbocycles. The van der Waals surface area contributed by atoms with Crippen molar-refractivity contribution in [2.45, 2.75) is 64.5 Å². The van der Waals surface area contributed by atoms with Crippen molar-refractivity contribution < 1.29 is 9.53 Å². The summed E-state index contributed by atoms with van der Waals surface area (Å²) in [5.74, 6) is 0.618. The predicted octanol–water partition coefficient (Wildman–Crippen LogP) is 6.65. The zero-order chi connectivity index (χ0) is 27.0. The van der Waals surface area contributed by atoms with E-state index in [-0.39, 0.29) is 22.1 Å². The molecule has 0 heterocycles. The van der Waals surface area contributed by atoms with Crippen molar-refractivity contribution in [1.82, 2.24) is 4.90 Å². The van der Waals surface area contributed by atoms with Crippen molar-refractivity contribution in [2.24, 2.45) is 0 Å². The predicted molar refractivity (Wildman–Crippen MR) is 160 cm³/mol. The first-order chi connectivity index (χ1) is 17.7. The minimum atomic E-state index is -3.64. The van der Waals surface area contributed by atoms with Crippen LogP contribution in [-0.4, -0.2) is 41.5 Å². The fourth-order valence-electron chi connectivity index (χ4n) is 5.33. The first-order valence-electron chi connectivity index (χ1n) is 13.2. The molecule has 1 atom stereocenters. The molecule has 0 unspecified atom stereocenters. The Morgan fingerprint density at radius 3 is 1.41 bits per heavy atom.